The van der Waals surface area contributed by atoms with Gasteiger partial charge in [-0.05, 0) is 44.9 Å². The fourth-order valence-electron chi connectivity index (χ4n) is 1.69. The molecule has 0 aromatic heterocycles. The highest BCUT2D eigenvalue weighted by Gasteiger charge is 2.18. The Morgan fingerprint density at radius 3 is 2.58 bits per heavy atom. The smallest absolute Gasteiger partial charge is 0.178 e. The number of halogens is 1. The molecule has 0 unspecified atom stereocenters. The van der Waals surface area contributed by atoms with Crippen molar-refractivity contribution in [1.82, 2.24) is 0 Å². The Balaban J connectivity index is 2.56. The van der Waals surface area contributed by atoms with Gasteiger partial charge in [0.05, 0.1) is 22.1 Å². The zero-order chi connectivity index (χ0) is 14.5. The van der Waals surface area contributed by atoms with E-state index in [1.54, 1.807) is 18.2 Å². The van der Waals surface area contributed by atoms with Crippen molar-refractivity contribution < 1.29 is 8.42 Å². The van der Waals surface area contributed by atoms with Crippen LogP contribution in [0.5, 0.6) is 0 Å². The SMILES string of the molecule is CC(C)(C#N)CCCCS(=O)(=O)c1cccc(Cl)c1. The molecule has 104 valence electrons. The summed E-state index contributed by atoms with van der Waals surface area (Å²) in [4.78, 5) is 0.263. The van der Waals surface area contributed by atoms with E-state index in [4.69, 9.17) is 16.9 Å². The molecule has 1 aromatic carbocycles. The number of rotatable bonds is 6. The molecule has 0 fully saturated rings. The maximum absolute atomic E-state index is 12.1. The number of nitrogens with zero attached hydrogens (tertiary/aromatic N) is 1. The van der Waals surface area contributed by atoms with Gasteiger partial charge in [0, 0.05) is 5.02 Å². The summed E-state index contributed by atoms with van der Waals surface area (Å²) in [6.07, 6.45) is 1.98. The van der Waals surface area contributed by atoms with Crippen molar-refractivity contribution in [2.24, 2.45) is 5.41 Å². The maximum Gasteiger partial charge on any atom is 0.178 e. The average molecular weight is 300 g/mol. The predicted octanol–water partition coefficient (Wildman–Crippen LogP) is 3.83. The molecule has 0 aliphatic rings. The highest BCUT2D eigenvalue weighted by molar-refractivity contribution is 7.91. The van der Waals surface area contributed by atoms with E-state index in [-0.39, 0.29) is 16.1 Å². The average Bonchev–Trinajstić information content (AvgIpc) is 2.35. The van der Waals surface area contributed by atoms with Gasteiger partial charge in [0.25, 0.3) is 0 Å². The highest BCUT2D eigenvalue weighted by atomic mass is 35.5. The van der Waals surface area contributed by atoms with E-state index in [2.05, 4.69) is 6.07 Å². The van der Waals surface area contributed by atoms with Crippen molar-refractivity contribution >= 4 is 21.4 Å². The second-order valence-corrected chi connectivity index (χ2v) is 7.77. The molecule has 0 bridgehead atoms. The van der Waals surface area contributed by atoms with Crippen LogP contribution in [0.25, 0.3) is 0 Å². The van der Waals surface area contributed by atoms with Crippen molar-refractivity contribution in [3.8, 4) is 6.07 Å². The molecule has 0 atom stereocenters. The second kappa shape index (κ2) is 6.40. The highest BCUT2D eigenvalue weighted by Crippen LogP contribution is 2.23. The van der Waals surface area contributed by atoms with Gasteiger partial charge >= 0.3 is 0 Å². The quantitative estimate of drug-likeness (QED) is 0.750. The number of hydrogen-bond acceptors (Lipinski definition) is 3. The second-order valence-electron chi connectivity index (χ2n) is 5.23. The summed E-state index contributed by atoms with van der Waals surface area (Å²) in [5.74, 6) is 0.0921. The molecule has 0 amide bonds. The first-order chi connectivity index (χ1) is 8.77. The number of benzene rings is 1. The van der Waals surface area contributed by atoms with Gasteiger partial charge in [0.2, 0.25) is 0 Å². The van der Waals surface area contributed by atoms with Gasteiger partial charge in [-0.25, -0.2) is 8.42 Å². The molecule has 3 nitrogen and oxygen atoms in total. The van der Waals surface area contributed by atoms with Crippen LogP contribution in [0.2, 0.25) is 5.02 Å². The van der Waals surface area contributed by atoms with Gasteiger partial charge in [-0.2, -0.15) is 5.26 Å². The van der Waals surface area contributed by atoms with Gasteiger partial charge < -0.3 is 0 Å². The van der Waals surface area contributed by atoms with E-state index >= 15 is 0 Å². The first-order valence-electron chi connectivity index (χ1n) is 6.16. The van der Waals surface area contributed by atoms with Crippen LogP contribution < -0.4 is 0 Å². The molecular weight excluding hydrogens is 282 g/mol. The standard InChI is InChI=1S/C14H18ClNO2S/c1-14(2,11-16)8-3-4-9-19(17,18)13-7-5-6-12(15)10-13/h5-7,10H,3-4,8-9H2,1-2H3. The summed E-state index contributed by atoms with van der Waals surface area (Å²) in [5, 5.41) is 9.30. The van der Waals surface area contributed by atoms with Crippen LogP contribution in [-0.2, 0) is 9.84 Å². The lowest BCUT2D eigenvalue weighted by atomic mass is 9.89. The third-order valence-corrected chi connectivity index (χ3v) is 4.96. The zero-order valence-electron chi connectivity index (χ0n) is 11.2. The van der Waals surface area contributed by atoms with Crippen LogP contribution in [0.4, 0.5) is 0 Å². The summed E-state index contributed by atoms with van der Waals surface area (Å²) >= 11 is 5.79. The van der Waals surface area contributed by atoms with E-state index in [0.717, 1.165) is 6.42 Å². The zero-order valence-corrected chi connectivity index (χ0v) is 12.8. The molecule has 1 aromatic rings. The Kier molecular flexibility index (Phi) is 5.39. The van der Waals surface area contributed by atoms with Crippen molar-refractivity contribution in [2.45, 2.75) is 38.0 Å². The Hall–Kier alpha value is -1.05. The summed E-state index contributed by atoms with van der Waals surface area (Å²) in [7, 11) is -3.27. The Bertz CT molecular complexity index is 573. The van der Waals surface area contributed by atoms with Gasteiger partial charge in [-0.1, -0.05) is 24.1 Å². The Labute approximate surface area is 120 Å². The number of hydrogen-bond donors (Lipinski definition) is 0. The van der Waals surface area contributed by atoms with E-state index in [1.165, 1.54) is 6.07 Å². The Morgan fingerprint density at radius 2 is 2.00 bits per heavy atom. The molecular formula is C14H18ClNO2S. The van der Waals surface area contributed by atoms with E-state index in [9.17, 15) is 8.42 Å². The fraction of sp³-hybridized carbons (Fsp3) is 0.500. The number of sulfone groups is 1. The monoisotopic (exact) mass is 299 g/mol. The normalized spacial score (nSPS) is 12.1. The van der Waals surface area contributed by atoms with Crippen LogP contribution >= 0.6 is 11.6 Å². The summed E-state index contributed by atoms with van der Waals surface area (Å²) < 4.78 is 24.1. The predicted molar refractivity (Wildman–Crippen MR) is 76.7 cm³/mol. The van der Waals surface area contributed by atoms with Crippen LogP contribution in [0.15, 0.2) is 29.2 Å². The Morgan fingerprint density at radius 1 is 1.32 bits per heavy atom. The topological polar surface area (TPSA) is 57.9 Å². The van der Waals surface area contributed by atoms with Crippen molar-refractivity contribution in [3.63, 3.8) is 0 Å². The molecule has 0 saturated heterocycles. The molecule has 0 N–H and O–H groups in total. The van der Waals surface area contributed by atoms with Crippen LogP contribution in [0, 0.1) is 16.7 Å². The van der Waals surface area contributed by atoms with Crippen LogP contribution in [0.3, 0.4) is 0 Å². The molecule has 0 aliphatic carbocycles. The molecule has 0 aliphatic heterocycles. The summed E-state index contributed by atoms with van der Waals surface area (Å²) in [6.45, 7) is 3.72. The van der Waals surface area contributed by atoms with E-state index in [0.29, 0.717) is 17.9 Å². The minimum atomic E-state index is -3.27. The first-order valence-corrected chi connectivity index (χ1v) is 8.19. The largest absolute Gasteiger partial charge is 0.224 e. The molecule has 0 radical (unpaired) electrons. The van der Waals surface area contributed by atoms with Crippen LogP contribution in [0.1, 0.15) is 33.1 Å². The molecule has 0 heterocycles. The van der Waals surface area contributed by atoms with E-state index in [1.807, 2.05) is 13.8 Å². The molecule has 0 saturated carbocycles. The number of nitriles is 1. The molecule has 19 heavy (non-hydrogen) atoms. The van der Waals surface area contributed by atoms with Gasteiger partial charge in [-0.15, -0.1) is 0 Å². The molecule has 1 rings (SSSR count). The van der Waals surface area contributed by atoms with E-state index < -0.39 is 9.84 Å². The number of unbranched alkanes of at least 4 members (excludes halogenated alkanes) is 1. The third-order valence-electron chi connectivity index (χ3n) is 2.92. The van der Waals surface area contributed by atoms with Crippen molar-refractivity contribution in [3.05, 3.63) is 29.3 Å². The van der Waals surface area contributed by atoms with Gasteiger partial charge in [0.1, 0.15) is 0 Å². The summed E-state index contributed by atoms with van der Waals surface area (Å²) in [5.41, 5.74) is -0.389. The minimum absolute atomic E-state index is 0.0921. The lowest BCUT2D eigenvalue weighted by Crippen LogP contribution is -2.10. The minimum Gasteiger partial charge on any atom is -0.224 e. The third kappa shape index (κ3) is 5.22. The maximum atomic E-state index is 12.1. The lowest BCUT2D eigenvalue weighted by molar-refractivity contribution is 0.431. The molecule has 0 spiro atoms. The van der Waals surface area contributed by atoms with Crippen molar-refractivity contribution in [2.75, 3.05) is 5.75 Å². The fourth-order valence-corrected chi connectivity index (χ4v) is 3.36. The van der Waals surface area contributed by atoms with Gasteiger partial charge in [0.15, 0.2) is 9.84 Å². The first kappa shape index (κ1) is 16.0. The van der Waals surface area contributed by atoms with Gasteiger partial charge in [-0.3, -0.25) is 0 Å². The molecule has 5 heteroatoms. The summed E-state index contributed by atoms with van der Waals surface area (Å²) in [6, 6.07) is 8.52. The lowest BCUT2D eigenvalue weighted by Gasteiger charge is -2.14. The van der Waals surface area contributed by atoms with Crippen LogP contribution in [-0.4, -0.2) is 14.2 Å². The van der Waals surface area contributed by atoms with Crippen molar-refractivity contribution in [1.29, 1.82) is 5.26 Å².